The number of ether oxygens (including phenoxy) is 1. The minimum Gasteiger partial charge on any atom is -1.00 e. The molecule has 0 spiro atoms. The minimum atomic E-state index is -0.177. The van der Waals surface area contributed by atoms with E-state index in [1.54, 1.807) is 6.92 Å². The zero-order valence-corrected chi connectivity index (χ0v) is 7.86. The van der Waals surface area contributed by atoms with Crippen molar-refractivity contribution in [2.24, 2.45) is 0 Å². The van der Waals surface area contributed by atoms with Crippen molar-refractivity contribution >= 4 is 5.97 Å². The molecular formula is C7H16ClNO2. The Morgan fingerprint density at radius 3 is 2.45 bits per heavy atom. The van der Waals surface area contributed by atoms with Gasteiger partial charge >= 0.3 is 5.97 Å². The Hall–Kier alpha value is -0.280. The third kappa shape index (κ3) is 6.13. The van der Waals surface area contributed by atoms with Crippen LogP contribution in [0.1, 0.15) is 26.7 Å². The second-order valence-electron chi connectivity index (χ2n) is 2.24. The second kappa shape index (κ2) is 7.82. The molecule has 11 heavy (non-hydrogen) atoms. The summed E-state index contributed by atoms with van der Waals surface area (Å²) in [6.07, 6.45) is 1.80. The normalized spacial score (nSPS) is 11.5. The van der Waals surface area contributed by atoms with E-state index in [1.807, 2.05) is 6.92 Å². The highest BCUT2D eigenvalue weighted by Crippen LogP contribution is 1.93. The maximum Gasteiger partial charge on any atom is 0.364 e. The van der Waals surface area contributed by atoms with Crippen LogP contribution in [0.15, 0.2) is 0 Å². The molecule has 0 bridgehead atoms. The summed E-state index contributed by atoms with van der Waals surface area (Å²) >= 11 is 0. The van der Waals surface area contributed by atoms with E-state index < -0.39 is 0 Å². The van der Waals surface area contributed by atoms with Crippen molar-refractivity contribution in [1.82, 2.24) is 0 Å². The first-order valence-corrected chi connectivity index (χ1v) is 3.72. The van der Waals surface area contributed by atoms with E-state index in [0.29, 0.717) is 6.61 Å². The van der Waals surface area contributed by atoms with Gasteiger partial charge in [0.05, 0.1) is 6.61 Å². The molecule has 0 aliphatic heterocycles. The molecule has 0 fully saturated rings. The van der Waals surface area contributed by atoms with Crippen LogP contribution in [0.2, 0.25) is 0 Å². The van der Waals surface area contributed by atoms with Gasteiger partial charge in [-0.3, -0.25) is 0 Å². The average molecular weight is 182 g/mol. The van der Waals surface area contributed by atoms with Crippen LogP contribution < -0.4 is 18.1 Å². The van der Waals surface area contributed by atoms with Gasteiger partial charge in [-0.25, -0.2) is 4.79 Å². The van der Waals surface area contributed by atoms with Crippen LogP contribution in [0.4, 0.5) is 0 Å². The van der Waals surface area contributed by atoms with Crippen molar-refractivity contribution in [3.05, 3.63) is 0 Å². The van der Waals surface area contributed by atoms with Gasteiger partial charge in [-0.2, -0.15) is 0 Å². The standard InChI is InChI=1S/C7H15NO2.ClH/c1-3-5-6(8)7(9)10-4-2;/h6H,3-5,8H2,1-2H3;1H/t6-;/m0./s1. The Morgan fingerprint density at radius 1 is 1.55 bits per heavy atom. The predicted octanol–water partition coefficient (Wildman–Crippen LogP) is -3.04. The van der Waals surface area contributed by atoms with E-state index in [2.05, 4.69) is 5.73 Å². The molecule has 4 heteroatoms. The zero-order chi connectivity index (χ0) is 7.98. The molecule has 0 saturated carbocycles. The lowest BCUT2D eigenvalue weighted by atomic mass is 10.2. The molecule has 0 aromatic rings. The highest BCUT2D eigenvalue weighted by Gasteiger charge is 2.15. The van der Waals surface area contributed by atoms with Gasteiger partial charge in [-0.05, 0) is 13.3 Å². The van der Waals surface area contributed by atoms with E-state index in [-0.39, 0.29) is 24.4 Å². The van der Waals surface area contributed by atoms with Gasteiger partial charge in [0, 0.05) is 6.42 Å². The van der Waals surface area contributed by atoms with Crippen LogP contribution in [0.3, 0.4) is 0 Å². The van der Waals surface area contributed by atoms with E-state index in [0.717, 1.165) is 12.8 Å². The first-order chi connectivity index (χ1) is 4.72. The summed E-state index contributed by atoms with van der Waals surface area (Å²) in [7, 11) is 0. The molecule has 0 radical (unpaired) electrons. The molecular weight excluding hydrogens is 166 g/mol. The van der Waals surface area contributed by atoms with Gasteiger partial charge in [0.15, 0.2) is 6.04 Å². The molecule has 0 saturated heterocycles. The number of carbonyl (C=O) groups is 1. The van der Waals surface area contributed by atoms with Gasteiger partial charge in [0.1, 0.15) is 0 Å². The van der Waals surface area contributed by atoms with Gasteiger partial charge < -0.3 is 22.9 Å². The second-order valence-corrected chi connectivity index (χ2v) is 2.24. The minimum absolute atomic E-state index is 0. The molecule has 0 amide bonds. The molecule has 1 atom stereocenters. The van der Waals surface area contributed by atoms with Crippen molar-refractivity contribution < 1.29 is 27.7 Å². The lowest BCUT2D eigenvalue weighted by molar-refractivity contribution is -0.409. The third-order valence-corrected chi connectivity index (χ3v) is 1.26. The molecule has 0 heterocycles. The summed E-state index contributed by atoms with van der Waals surface area (Å²) < 4.78 is 4.75. The Kier molecular flexibility index (Phi) is 9.47. The van der Waals surface area contributed by atoms with Gasteiger partial charge in [-0.1, -0.05) is 6.92 Å². The summed E-state index contributed by atoms with van der Waals surface area (Å²) in [5, 5.41) is 0. The van der Waals surface area contributed by atoms with E-state index in [1.165, 1.54) is 0 Å². The molecule has 0 unspecified atom stereocenters. The highest BCUT2D eigenvalue weighted by atomic mass is 35.5. The quantitative estimate of drug-likeness (QED) is 0.469. The van der Waals surface area contributed by atoms with Gasteiger partial charge in [-0.15, -0.1) is 0 Å². The van der Waals surface area contributed by atoms with Crippen molar-refractivity contribution in [3.8, 4) is 0 Å². The van der Waals surface area contributed by atoms with Crippen LogP contribution in [-0.4, -0.2) is 18.6 Å². The van der Waals surface area contributed by atoms with E-state index >= 15 is 0 Å². The van der Waals surface area contributed by atoms with E-state index in [4.69, 9.17) is 4.74 Å². The monoisotopic (exact) mass is 181 g/mol. The summed E-state index contributed by atoms with van der Waals surface area (Å²) in [5.41, 5.74) is 3.67. The molecule has 0 aromatic carbocycles. The molecule has 3 N–H and O–H groups in total. The number of quaternary nitrogens is 1. The van der Waals surface area contributed by atoms with Crippen molar-refractivity contribution in [3.63, 3.8) is 0 Å². The molecule has 3 nitrogen and oxygen atoms in total. The number of rotatable bonds is 4. The van der Waals surface area contributed by atoms with Crippen molar-refractivity contribution in [2.75, 3.05) is 6.61 Å². The fourth-order valence-electron chi connectivity index (χ4n) is 0.726. The van der Waals surface area contributed by atoms with Crippen molar-refractivity contribution in [2.45, 2.75) is 32.7 Å². The smallest absolute Gasteiger partial charge is 0.364 e. The Balaban J connectivity index is 0. The van der Waals surface area contributed by atoms with Crippen LogP contribution >= 0.6 is 0 Å². The average Bonchev–Trinajstić information content (AvgIpc) is 1.89. The largest absolute Gasteiger partial charge is 1.00 e. The Labute approximate surface area is 73.7 Å². The molecule has 0 aliphatic rings. The Bertz CT molecular complexity index is 109. The SMILES string of the molecule is CCC[C@H]([NH3+])C(=O)OCC.[Cl-]. The maximum absolute atomic E-state index is 10.8. The fourth-order valence-corrected chi connectivity index (χ4v) is 0.726. The number of esters is 1. The Morgan fingerprint density at radius 2 is 2.09 bits per heavy atom. The molecule has 0 rings (SSSR count). The molecule has 0 aliphatic carbocycles. The topological polar surface area (TPSA) is 53.9 Å². The van der Waals surface area contributed by atoms with Crippen LogP contribution in [0.25, 0.3) is 0 Å². The first kappa shape index (κ1) is 13.3. The highest BCUT2D eigenvalue weighted by molar-refractivity contribution is 5.73. The summed E-state index contributed by atoms with van der Waals surface area (Å²) in [6.45, 7) is 4.28. The summed E-state index contributed by atoms with van der Waals surface area (Å²) in [4.78, 5) is 10.8. The maximum atomic E-state index is 10.8. The molecule has 68 valence electrons. The lowest BCUT2D eigenvalue weighted by Gasteiger charge is -2.04. The number of hydrogen-bond donors (Lipinski definition) is 1. The van der Waals surface area contributed by atoms with Crippen molar-refractivity contribution in [1.29, 1.82) is 0 Å². The lowest BCUT2D eigenvalue weighted by Crippen LogP contribution is -3.00. The van der Waals surface area contributed by atoms with Crippen LogP contribution in [0, 0.1) is 0 Å². The first-order valence-electron chi connectivity index (χ1n) is 3.72. The molecule has 0 aromatic heterocycles. The fraction of sp³-hybridized carbons (Fsp3) is 0.857. The summed E-state index contributed by atoms with van der Waals surface area (Å²) in [6, 6.07) is -0.176. The van der Waals surface area contributed by atoms with Gasteiger partial charge in [0.2, 0.25) is 0 Å². The predicted molar refractivity (Wildman–Crippen MR) is 38.2 cm³/mol. The van der Waals surface area contributed by atoms with E-state index in [9.17, 15) is 4.79 Å². The zero-order valence-electron chi connectivity index (χ0n) is 7.10. The number of hydrogen-bond acceptors (Lipinski definition) is 2. The van der Waals surface area contributed by atoms with Crippen LogP contribution in [0.5, 0.6) is 0 Å². The number of halogens is 1. The van der Waals surface area contributed by atoms with Crippen LogP contribution in [-0.2, 0) is 9.53 Å². The summed E-state index contributed by atoms with van der Waals surface area (Å²) in [5.74, 6) is -0.177. The third-order valence-electron chi connectivity index (χ3n) is 1.26. The number of carbonyl (C=O) groups excluding carboxylic acids is 1. The van der Waals surface area contributed by atoms with Gasteiger partial charge in [0.25, 0.3) is 0 Å².